The summed E-state index contributed by atoms with van der Waals surface area (Å²) in [4.78, 5) is 0. The molecule has 0 bridgehead atoms. The van der Waals surface area contributed by atoms with Gasteiger partial charge in [0, 0.05) is 6.54 Å². The Morgan fingerprint density at radius 2 is 2.00 bits per heavy atom. The van der Waals surface area contributed by atoms with E-state index in [1.165, 1.54) is 11.1 Å². The van der Waals surface area contributed by atoms with E-state index in [2.05, 4.69) is 65.3 Å². The van der Waals surface area contributed by atoms with Crippen LogP contribution in [0.1, 0.15) is 35.9 Å². The summed E-state index contributed by atoms with van der Waals surface area (Å²) in [6.45, 7) is 10.4. The van der Waals surface area contributed by atoms with Crippen molar-refractivity contribution in [3.8, 4) is 5.69 Å². The quantitative estimate of drug-likeness (QED) is 0.835. The van der Waals surface area contributed by atoms with Crippen molar-refractivity contribution in [2.45, 2.75) is 40.7 Å². The first-order valence-corrected chi connectivity index (χ1v) is 7.86. The van der Waals surface area contributed by atoms with E-state index in [9.17, 15) is 0 Å². The Hall–Kier alpha value is -1.13. The molecule has 1 N–H and O–H groups in total. The second-order valence-corrected chi connectivity index (χ2v) is 5.99. The van der Waals surface area contributed by atoms with Crippen LogP contribution in [0.2, 0.25) is 0 Å². The van der Waals surface area contributed by atoms with Crippen molar-refractivity contribution in [2.75, 3.05) is 6.54 Å². The largest absolute Gasteiger partial charge is 0.313 e. The van der Waals surface area contributed by atoms with Crippen molar-refractivity contribution >= 4 is 15.9 Å². The van der Waals surface area contributed by atoms with Gasteiger partial charge in [0.2, 0.25) is 0 Å². The van der Waals surface area contributed by atoms with Gasteiger partial charge in [-0.15, -0.1) is 0 Å². The number of halogens is 1. The molecule has 1 aromatic heterocycles. The molecular formula is C16H22BrN3. The maximum Gasteiger partial charge on any atom is 0.0743 e. The van der Waals surface area contributed by atoms with Crippen LogP contribution in [0.4, 0.5) is 0 Å². The van der Waals surface area contributed by atoms with E-state index in [0.29, 0.717) is 0 Å². The van der Waals surface area contributed by atoms with Gasteiger partial charge in [-0.1, -0.05) is 19.1 Å². The fourth-order valence-corrected chi connectivity index (χ4v) is 2.58. The molecule has 20 heavy (non-hydrogen) atoms. The summed E-state index contributed by atoms with van der Waals surface area (Å²) in [7, 11) is 0. The van der Waals surface area contributed by atoms with Gasteiger partial charge in [-0.05, 0) is 66.9 Å². The van der Waals surface area contributed by atoms with E-state index in [4.69, 9.17) is 0 Å². The summed E-state index contributed by atoms with van der Waals surface area (Å²) in [5.41, 5.74) is 5.88. The number of aromatic nitrogens is 2. The number of benzene rings is 1. The zero-order valence-electron chi connectivity index (χ0n) is 12.6. The normalized spacial score (nSPS) is 11.1. The Kier molecular flexibility index (Phi) is 5.00. The van der Waals surface area contributed by atoms with Crippen molar-refractivity contribution in [2.24, 2.45) is 0 Å². The Morgan fingerprint density at radius 3 is 2.55 bits per heavy atom. The molecule has 0 aliphatic rings. The Bertz CT molecular complexity index is 602. The molecule has 0 unspecified atom stereocenters. The smallest absolute Gasteiger partial charge is 0.0743 e. The second kappa shape index (κ2) is 6.55. The van der Waals surface area contributed by atoms with Gasteiger partial charge < -0.3 is 5.32 Å². The highest BCUT2D eigenvalue weighted by molar-refractivity contribution is 9.10. The molecule has 3 nitrogen and oxygen atoms in total. The summed E-state index contributed by atoms with van der Waals surface area (Å²) < 4.78 is 3.10. The van der Waals surface area contributed by atoms with Gasteiger partial charge in [0.15, 0.2) is 0 Å². The van der Waals surface area contributed by atoms with E-state index in [0.717, 1.165) is 41.1 Å². The minimum absolute atomic E-state index is 0.926. The maximum absolute atomic E-state index is 4.60. The molecule has 1 heterocycles. The molecule has 0 fully saturated rings. The minimum Gasteiger partial charge on any atom is -0.313 e. The highest BCUT2D eigenvalue weighted by Crippen LogP contribution is 2.24. The van der Waals surface area contributed by atoms with Crippen molar-refractivity contribution in [1.82, 2.24) is 15.1 Å². The molecule has 4 heteroatoms. The molecule has 0 radical (unpaired) electrons. The molecule has 0 aliphatic carbocycles. The first-order valence-electron chi connectivity index (χ1n) is 7.07. The van der Waals surface area contributed by atoms with Gasteiger partial charge in [-0.2, -0.15) is 5.10 Å². The lowest BCUT2D eigenvalue weighted by molar-refractivity contribution is 0.675. The summed E-state index contributed by atoms with van der Waals surface area (Å²) in [5, 5.41) is 8.03. The third-order valence-electron chi connectivity index (χ3n) is 3.45. The lowest BCUT2D eigenvalue weighted by atomic mass is 10.1. The highest BCUT2D eigenvalue weighted by Gasteiger charge is 2.12. The van der Waals surface area contributed by atoms with Crippen LogP contribution in [0.25, 0.3) is 5.69 Å². The van der Waals surface area contributed by atoms with E-state index >= 15 is 0 Å². The molecule has 0 atom stereocenters. The number of aryl methyl sites for hydroxylation is 2. The molecule has 108 valence electrons. The van der Waals surface area contributed by atoms with Crippen LogP contribution in [-0.4, -0.2) is 16.3 Å². The SMILES string of the molecule is CCCNCc1ccc(-n2nc(C)c(Br)c2C)c(C)c1. The molecule has 1 aromatic carbocycles. The predicted octanol–water partition coefficient (Wildman–Crippen LogP) is 4.06. The highest BCUT2D eigenvalue weighted by atomic mass is 79.9. The van der Waals surface area contributed by atoms with Crippen LogP contribution in [0.3, 0.4) is 0 Å². The fourth-order valence-electron chi connectivity index (χ4n) is 2.33. The van der Waals surface area contributed by atoms with Gasteiger partial charge in [0.25, 0.3) is 0 Å². The van der Waals surface area contributed by atoms with Crippen LogP contribution < -0.4 is 5.32 Å². The van der Waals surface area contributed by atoms with Crippen LogP contribution in [-0.2, 0) is 6.54 Å². The van der Waals surface area contributed by atoms with E-state index < -0.39 is 0 Å². The van der Waals surface area contributed by atoms with Crippen LogP contribution in [0.5, 0.6) is 0 Å². The fraction of sp³-hybridized carbons (Fsp3) is 0.438. The molecule has 0 saturated carbocycles. The summed E-state index contributed by atoms with van der Waals surface area (Å²) in [6, 6.07) is 6.57. The summed E-state index contributed by atoms with van der Waals surface area (Å²) >= 11 is 3.59. The number of nitrogens with zero attached hydrogens (tertiary/aromatic N) is 2. The number of hydrogen-bond acceptors (Lipinski definition) is 2. The minimum atomic E-state index is 0.926. The molecular weight excluding hydrogens is 314 g/mol. The van der Waals surface area contributed by atoms with Gasteiger partial charge in [0.1, 0.15) is 0 Å². The average Bonchev–Trinajstić information content (AvgIpc) is 2.67. The topological polar surface area (TPSA) is 29.9 Å². The molecule has 0 spiro atoms. The van der Waals surface area contributed by atoms with Gasteiger partial charge in [-0.25, -0.2) is 4.68 Å². The second-order valence-electron chi connectivity index (χ2n) is 5.19. The number of hydrogen-bond donors (Lipinski definition) is 1. The predicted molar refractivity (Wildman–Crippen MR) is 87.5 cm³/mol. The maximum atomic E-state index is 4.60. The Labute approximate surface area is 129 Å². The van der Waals surface area contributed by atoms with Crippen molar-refractivity contribution in [3.63, 3.8) is 0 Å². The third kappa shape index (κ3) is 3.13. The lowest BCUT2D eigenvalue weighted by Crippen LogP contribution is -2.14. The van der Waals surface area contributed by atoms with Crippen molar-refractivity contribution < 1.29 is 0 Å². The lowest BCUT2D eigenvalue weighted by Gasteiger charge is -2.11. The first-order chi connectivity index (χ1) is 9.54. The van der Waals surface area contributed by atoms with Crippen molar-refractivity contribution in [1.29, 1.82) is 0 Å². The molecule has 0 saturated heterocycles. The van der Waals surface area contributed by atoms with E-state index in [1.54, 1.807) is 0 Å². The van der Waals surface area contributed by atoms with Crippen molar-refractivity contribution in [3.05, 3.63) is 45.2 Å². The number of nitrogens with one attached hydrogen (secondary N) is 1. The zero-order valence-corrected chi connectivity index (χ0v) is 14.2. The van der Waals surface area contributed by atoms with Crippen LogP contribution >= 0.6 is 15.9 Å². The standard InChI is InChI=1S/C16H22BrN3/c1-5-8-18-10-14-6-7-15(11(2)9-14)20-13(4)16(17)12(3)19-20/h6-7,9,18H,5,8,10H2,1-4H3. The first kappa shape index (κ1) is 15.3. The molecule has 2 aromatic rings. The zero-order chi connectivity index (χ0) is 14.7. The molecule has 2 rings (SSSR count). The summed E-state index contributed by atoms with van der Waals surface area (Å²) in [6.07, 6.45) is 1.16. The third-order valence-corrected chi connectivity index (χ3v) is 4.60. The van der Waals surface area contributed by atoms with Gasteiger partial charge >= 0.3 is 0 Å². The monoisotopic (exact) mass is 335 g/mol. The van der Waals surface area contributed by atoms with Gasteiger partial charge in [0.05, 0.1) is 21.5 Å². The summed E-state index contributed by atoms with van der Waals surface area (Å²) in [5.74, 6) is 0. The Morgan fingerprint density at radius 1 is 1.25 bits per heavy atom. The van der Waals surface area contributed by atoms with Gasteiger partial charge in [-0.3, -0.25) is 0 Å². The molecule has 0 aliphatic heterocycles. The average molecular weight is 336 g/mol. The van der Waals surface area contributed by atoms with Crippen LogP contribution in [0.15, 0.2) is 22.7 Å². The molecule has 0 amide bonds. The van der Waals surface area contributed by atoms with Crippen LogP contribution in [0, 0.1) is 20.8 Å². The van der Waals surface area contributed by atoms with E-state index in [1.807, 2.05) is 11.6 Å². The number of rotatable bonds is 5. The van der Waals surface area contributed by atoms with E-state index in [-0.39, 0.29) is 0 Å². The Balaban J connectivity index is 2.27.